The van der Waals surface area contributed by atoms with Crippen molar-refractivity contribution in [3.8, 4) is 11.5 Å². The quantitative estimate of drug-likeness (QED) is 0.779. The minimum Gasteiger partial charge on any atom is -0.490 e. The number of thiophene rings is 1. The number of nitrogens with one attached hydrogen (secondary N) is 1. The van der Waals surface area contributed by atoms with Crippen molar-refractivity contribution in [2.75, 3.05) is 18.5 Å². The van der Waals surface area contributed by atoms with Crippen molar-refractivity contribution in [1.29, 1.82) is 0 Å². The molecule has 0 spiro atoms. The highest BCUT2D eigenvalue weighted by atomic mass is 32.1. The molecule has 22 heavy (non-hydrogen) atoms. The van der Waals surface area contributed by atoms with E-state index in [1.54, 1.807) is 35.6 Å². The third kappa shape index (κ3) is 4.63. The summed E-state index contributed by atoms with van der Waals surface area (Å²) in [5, 5.41) is 4.79. The fourth-order valence-electron chi connectivity index (χ4n) is 1.86. The number of rotatable bonds is 7. The normalized spacial score (nSPS) is 10.6. The summed E-state index contributed by atoms with van der Waals surface area (Å²) in [5.74, 6) is 1.13. The predicted octanol–water partition coefficient (Wildman–Crippen LogP) is 4.20. The molecule has 0 fully saturated rings. The number of hydrogen-bond donors (Lipinski definition) is 1. The van der Waals surface area contributed by atoms with E-state index in [9.17, 15) is 4.79 Å². The van der Waals surface area contributed by atoms with E-state index in [2.05, 4.69) is 5.32 Å². The van der Waals surface area contributed by atoms with Crippen LogP contribution in [0.3, 0.4) is 0 Å². The molecule has 0 atom stereocenters. The van der Waals surface area contributed by atoms with E-state index in [4.69, 9.17) is 9.47 Å². The van der Waals surface area contributed by atoms with Crippen molar-refractivity contribution in [3.05, 3.63) is 46.7 Å². The van der Waals surface area contributed by atoms with Gasteiger partial charge >= 0.3 is 0 Å². The molecule has 0 aliphatic rings. The summed E-state index contributed by atoms with van der Waals surface area (Å²) < 4.78 is 11.0. The van der Waals surface area contributed by atoms with Gasteiger partial charge in [-0.2, -0.15) is 0 Å². The number of amides is 1. The predicted molar refractivity (Wildman–Crippen MR) is 90.8 cm³/mol. The van der Waals surface area contributed by atoms with Gasteiger partial charge in [0.05, 0.1) is 13.2 Å². The van der Waals surface area contributed by atoms with Gasteiger partial charge in [-0.05, 0) is 43.5 Å². The highest BCUT2D eigenvalue weighted by molar-refractivity contribution is 7.10. The molecule has 1 heterocycles. The van der Waals surface area contributed by atoms with Gasteiger partial charge in [-0.1, -0.05) is 6.07 Å². The molecule has 1 aromatic heterocycles. The Hall–Kier alpha value is -2.27. The van der Waals surface area contributed by atoms with Crippen LogP contribution in [0.15, 0.2) is 41.8 Å². The Kier molecular flexibility index (Phi) is 6.03. The number of ether oxygens (including phenoxy) is 2. The van der Waals surface area contributed by atoms with Crippen LogP contribution in [-0.4, -0.2) is 19.1 Å². The lowest BCUT2D eigenvalue weighted by atomic mass is 10.2. The van der Waals surface area contributed by atoms with Crippen molar-refractivity contribution in [1.82, 2.24) is 0 Å². The Balaban J connectivity index is 2.05. The minimum atomic E-state index is -0.181. The molecule has 116 valence electrons. The standard InChI is InChI=1S/C17H19NO3S/c1-3-20-15-9-7-13(12-16(15)21-4-2)18-17(19)10-8-14-6-5-11-22-14/h5-12H,3-4H2,1-2H3,(H,18,19). The van der Waals surface area contributed by atoms with Crippen molar-refractivity contribution < 1.29 is 14.3 Å². The van der Waals surface area contributed by atoms with Crippen molar-refractivity contribution in [2.45, 2.75) is 13.8 Å². The monoisotopic (exact) mass is 317 g/mol. The molecular weight excluding hydrogens is 298 g/mol. The van der Waals surface area contributed by atoms with Crippen LogP contribution < -0.4 is 14.8 Å². The Morgan fingerprint density at radius 3 is 2.64 bits per heavy atom. The second-order valence-corrected chi connectivity index (χ2v) is 5.34. The largest absolute Gasteiger partial charge is 0.490 e. The molecule has 4 nitrogen and oxygen atoms in total. The maximum absolute atomic E-state index is 11.9. The SMILES string of the molecule is CCOc1ccc(NC(=O)C=Cc2cccs2)cc1OCC. The van der Waals surface area contributed by atoms with Gasteiger partial charge in [-0.3, -0.25) is 4.79 Å². The molecule has 1 amide bonds. The smallest absolute Gasteiger partial charge is 0.248 e. The van der Waals surface area contributed by atoms with E-state index in [-0.39, 0.29) is 5.91 Å². The van der Waals surface area contributed by atoms with Gasteiger partial charge in [0, 0.05) is 22.7 Å². The van der Waals surface area contributed by atoms with Crippen LogP contribution in [0.5, 0.6) is 11.5 Å². The summed E-state index contributed by atoms with van der Waals surface area (Å²) in [5.41, 5.74) is 0.674. The number of benzene rings is 1. The molecule has 0 saturated heterocycles. The van der Waals surface area contributed by atoms with E-state index in [1.807, 2.05) is 31.4 Å². The number of hydrogen-bond acceptors (Lipinski definition) is 4. The molecule has 0 radical (unpaired) electrons. The van der Waals surface area contributed by atoms with Crippen LogP contribution in [0.25, 0.3) is 6.08 Å². The van der Waals surface area contributed by atoms with Gasteiger partial charge in [0.1, 0.15) is 0 Å². The zero-order valence-corrected chi connectivity index (χ0v) is 13.5. The molecular formula is C17H19NO3S. The topological polar surface area (TPSA) is 47.6 Å². The number of carbonyl (C=O) groups is 1. The average molecular weight is 317 g/mol. The molecule has 5 heteroatoms. The Morgan fingerprint density at radius 1 is 1.18 bits per heavy atom. The van der Waals surface area contributed by atoms with Gasteiger partial charge in [0.15, 0.2) is 11.5 Å². The second kappa shape index (κ2) is 8.24. The van der Waals surface area contributed by atoms with Crippen LogP contribution >= 0.6 is 11.3 Å². The zero-order chi connectivity index (χ0) is 15.8. The average Bonchev–Trinajstić information content (AvgIpc) is 3.02. The first-order valence-corrected chi connectivity index (χ1v) is 8.03. The van der Waals surface area contributed by atoms with Crippen LogP contribution in [0.4, 0.5) is 5.69 Å². The Bertz CT molecular complexity index is 635. The van der Waals surface area contributed by atoms with Crippen LogP contribution in [0.1, 0.15) is 18.7 Å². The number of anilines is 1. The molecule has 2 rings (SSSR count). The molecule has 0 bridgehead atoms. The second-order valence-electron chi connectivity index (χ2n) is 4.37. The molecule has 0 aliphatic carbocycles. The zero-order valence-electron chi connectivity index (χ0n) is 12.7. The van der Waals surface area contributed by atoms with E-state index < -0.39 is 0 Å². The van der Waals surface area contributed by atoms with Gasteiger partial charge in [-0.15, -0.1) is 11.3 Å². The van der Waals surface area contributed by atoms with Crippen molar-refractivity contribution in [2.24, 2.45) is 0 Å². The van der Waals surface area contributed by atoms with Crippen LogP contribution in [0, 0.1) is 0 Å². The van der Waals surface area contributed by atoms with E-state index in [0.717, 1.165) is 4.88 Å². The van der Waals surface area contributed by atoms with Crippen LogP contribution in [0.2, 0.25) is 0 Å². The van der Waals surface area contributed by atoms with E-state index in [0.29, 0.717) is 30.4 Å². The molecule has 0 saturated carbocycles. The first-order valence-electron chi connectivity index (χ1n) is 7.15. The first-order chi connectivity index (χ1) is 10.7. The molecule has 1 aromatic carbocycles. The maximum atomic E-state index is 11.9. The van der Waals surface area contributed by atoms with Gasteiger partial charge in [0.2, 0.25) is 5.91 Å². The summed E-state index contributed by atoms with van der Waals surface area (Å²) in [4.78, 5) is 13.0. The number of carbonyl (C=O) groups excluding carboxylic acids is 1. The lowest BCUT2D eigenvalue weighted by molar-refractivity contribution is -0.111. The fourth-order valence-corrected chi connectivity index (χ4v) is 2.47. The summed E-state index contributed by atoms with van der Waals surface area (Å²) in [6.07, 6.45) is 3.31. The maximum Gasteiger partial charge on any atom is 0.248 e. The first kappa shape index (κ1) is 16.1. The van der Waals surface area contributed by atoms with Gasteiger partial charge in [-0.25, -0.2) is 0 Å². The molecule has 0 unspecified atom stereocenters. The lowest BCUT2D eigenvalue weighted by Gasteiger charge is -2.12. The Labute approximate surface area is 134 Å². The van der Waals surface area contributed by atoms with Crippen molar-refractivity contribution >= 4 is 29.0 Å². The van der Waals surface area contributed by atoms with E-state index >= 15 is 0 Å². The van der Waals surface area contributed by atoms with Gasteiger partial charge < -0.3 is 14.8 Å². The highest BCUT2D eigenvalue weighted by Gasteiger charge is 2.07. The summed E-state index contributed by atoms with van der Waals surface area (Å²) >= 11 is 1.58. The van der Waals surface area contributed by atoms with Crippen LogP contribution in [-0.2, 0) is 4.79 Å². The minimum absolute atomic E-state index is 0.181. The van der Waals surface area contributed by atoms with Gasteiger partial charge in [0.25, 0.3) is 0 Å². The molecule has 0 aliphatic heterocycles. The summed E-state index contributed by atoms with van der Waals surface area (Å²) in [6, 6.07) is 9.27. The summed E-state index contributed by atoms with van der Waals surface area (Å²) in [7, 11) is 0. The molecule has 1 N–H and O–H groups in total. The molecule has 2 aromatic rings. The fraction of sp³-hybridized carbons (Fsp3) is 0.235. The van der Waals surface area contributed by atoms with E-state index in [1.165, 1.54) is 6.08 Å². The lowest BCUT2D eigenvalue weighted by Crippen LogP contribution is -2.08. The highest BCUT2D eigenvalue weighted by Crippen LogP contribution is 2.30. The third-order valence-electron chi connectivity index (χ3n) is 2.75. The Morgan fingerprint density at radius 2 is 1.95 bits per heavy atom. The van der Waals surface area contributed by atoms with Crippen molar-refractivity contribution in [3.63, 3.8) is 0 Å². The summed E-state index contributed by atoms with van der Waals surface area (Å²) in [6.45, 7) is 4.93. The third-order valence-corrected chi connectivity index (χ3v) is 3.59.